The molecule has 0 aliphatic carbocycles. The molecule has 0 spiro atoms. The molecule has 5 nitrogen and oxygen atoms in total. The van der Waals surface area contributed by atoms with Crippen LogP contribution in [-0.4, -0.2) is 25.6 Å². The molecule has 0 aliphatic rings. The molecule has 5 heteroatoms. The molecular weight excluding hydrogens is 410 g/mol. The Bertz CT molecular complexity index is 1010. The lowest BCUT2D eigenvalue weighted by atomic mass is 10.00. The van der Waals surface area contributed by atoms with Gasteiger partial charge in [0.15, 0.2) is 0 Å². The summed E-state index contributed by atoms with van der Waals surface area (Å²) in [5.74, 6) is -0.148. The van der Waals surface area contributed by atoms with E-state index in [9.17, 15) is 4.79 Å². The molecule has 0 atom stereocenters. The van der Waals surface area contributed by atoms with E-state index in [2.05, 4.69) is 41.8 Å². The predicted molar refractivity (Wildman–Crippen MR) is 136 cm³/mol. The van der Waals surface area contributed by atoms with Crippen LogP contribution in [0.4, 0.5) is 11.4 Å². The first-order chi connectivity index (χ1) is 16.1. The molecule has 0 bridgehead atoms. The van der Waals surface area contributed by atoms with Crippen molar-refractivity contribution in [3.8, 4) is 0 Å². The lowest BCUT2D eigenvalue weighted by Gasteiger charge is -2.11. The van der Waals surface area contributed by atoms with Gasteiger partial charge in [0, 0.05) is 11.4 Å². The van der Waals surface area contributed by atoms with Crippen molar-refractivity contribution in [3.63, 3.8) is 0 Å². The molecule has 0 fully saturated rings. The highest BCUT2D eigenvalue weighted by atomic mass is 16.5. The van der Waals surface area contributed by atoms with Crippen molar-refractivity contribution >= 4 is 17.3 Å². The largest absolute Gasteiger partial charge is 0.399 e. The quantitative estimate of drug-likeness (QED) is 0.262. The molecule has 174 valence electrons. The van der Waals surface area contributed by atoms with Crippen LogP contribution < -0.4 is 16.4 Å². The smallest absolute Gasteiger partial charge is 0.250 e. The van der Waals surface area contributed by atoms with Crippen molar-refractivity contribution in [2.24, 2.45) is 0 Å². The molecule has 0 radical (unpaired) electrons. The highest BCUT2D eigenvalue weighted by Gasteiger charge is 2.05. The Kier molecular flexibility index (Phi) is 9.95. The Hall–Kier alpha value is -3.15. The van der Waals surface area contributed by atoms with E-state index in [4.69, 9.17) is 10.5 Å². The lowest BCUT2D eigenvalue weighted by Crippen LogP contribution is -2.20. The van der Waals surface area contributed by atoms with Gasteiger partial charge in [0.1, 0.15) is 6.61 Å². The van der Waals surface area contributed by atoms with Crippen LogP contribution >= 0.6 is 0 Å². The molecule has 0 saturated carbocycles. The number of carbonyl (C=O) groups excluding carboxylic acids is 1. The van der Waals surface area contributed by atoms with Gasteiger partial charge in [-0.1, -0.05) is 61.9 Å². The molecule has 33 heavy (non-hydrogen) atoms. The average Bonchev–Trinajstić information content (AvgIpc) is 2.81. The number of hydrogen-bond donors (Lipinski definition) is 3. The van der Waals surface area contributed by atoms with Gasteiger partial charge < -0.3 is 21.1 Å². The fraction of sp³-hybridized carbons (Fsp3) is 0.321. The normalized spacial score (nSPS) is 10.8. The van der Waals surface area contributed by atoms with Gasteiger partial charge in [0.05, 0.1) is 6.61 Å². The van der Waals surface area contributed by atoms with Gasteiger partial charge in [-0.3, -0.25) is 4.79 Å². The first-order valence-corrected chi connectivity index (χ1v) is 11.7. The van der Waals surface area contributed by atoms with Gasteiger partial charge in [0.2, 0.25) is 5.91 Å². The molecule has 0 aliphatic heterocycles. The Morgan fingerprint density at radius 1 is 0.848 bits per heavy atom. The maximum Gasteiger partial charge on any atom is 0.250 e. The van der Waals surface area contributed by atoms with Crippen LogP contribution in [0, 0.1) is 0 Å². The minimum Gasteiger partial charge on any atom is -0.399 e. The van der Waals surface area contributed by atoms with Crippen molar-refractivity contribution < 1.29 is 9.53 Å². The van der Waals surface area contributed by atoms with Crippen molar-refractivity contribution in [2.45, 2.75) is 39.2 Å². The number of ether oxygens (including phenoxy) is 1. The van der Waals surface area contributed by atoms with Gasteiger partial charge >= 0.3 is 0 Å². The van der Waals surface area contributed by atoms with E-state index in [0.29, 0.717) is 6.61 Å². The standard InChI is InChI=1S/C28H35N3O2/c1-2-7-25-19-26(29)13-12-24(25)15-17-30-16-14-22-8-6-9-23(18-22)20-33-21-28(32)31-27-10-4-3-5-11-27/h3-6,8-13,18-19,30H,2,7,14-17,20-21,29H2,1H3,(H,31,32). The zero-order valence-electron chi connectivity index (χ0n) is 19.5. The average molecular weight is 446 g/mol. The van der Waals surface area contributed by atoms with Crippen molar-refractivity contribution in [3.05, 3.63) is 95.1 Å². The summed E-state index contributed by atoms with van der Waals surface area (Å²) in [5.41, 5.74) is 12.6. The predicted octanol–water partition coefficient (Wildman–Crippen LogP) is 4.75. The first kappa shape index (κ1) is 24.5. The fourth-order valence-electron chi connectivity index (χ4n) is 3.83. The number of benzene rings is 3. The Balaban J connectivity index is 1.36. The van der Waals surface area contributed by atoms with E-state index in [-0.39, 0.29) is 12.5 Å². The van der Waals surface area contributed by atoms with Crippen molar-refractivity contribution in [1.82, 2.24) is 5.32 Å². The molecule has 0 heterocycles. The van der Waals surface area contributed by atoms with Gasteiger partial charge in [-0.25, -0.2) is 0 Å². The third kappa shape index (κ3) is 8.72. The number of carbonyl (C=O) groups is 1. The second-order valence-electron chi connectivity index (χ2n) is 8.26. The topological polar surface area (TPSA) is 76.4 Å². The Labute approximate surface area is 197 Å². The SMILES string of the molecule is CCCc1cc(N)ccc1CCNCCc1cccc(COCC(=O)Nc2ccccc2)c1. The third-order valence-corrected chi connectivity index (χ3v) is 5.46. The molecule has 3 aromatic rings. The van der Waals surface area contributed by atoms with E-state index < -0.39 is 0 Å². The highest BCUT2D eigenvalue weighted by molar-refractivity contribution is 5.91. The second kappa shape index (κ2) is 13.4. The number of rotatable bonds is 13. The Morgan fingerprint density at radius 3 is 2.45 bits per heavy atom. The first-order valence-electron chi connectivity index (χ1n) is 11.7. The lowest BCUT2D eigenvalue weighted by molar-refractivity contribution is -0.121. The van der Waals surface area contributed by atoms with Gasteiger partial charge in [-0.15, -0.1) is 0 Å². The second-order valence-corrected chi connectivity index (χ2v) is 8.26. The summed E-state index contributed by atoms with van der Waals surface area (Å²) < 4.78 is 5.60. The van der Waals surface area contributed by atoms with E-state index in [1.54, 1.807) is 0 Å². The fourth-order valence-corrected chi connectivity index (χ4v) is 3.83. The van der Waals surface area contributed by atoms with Crippen molar-refractivity contribution in [2.75, 3.05) is 30.7 Å². The molecule has 3 aromatic carbocycles. The summed E-state index contributed by atoms with van der Waals surface area (Å²) in [4.78, 5) is 12.0. The summed E-state index contributed by atoms with van der Waals surface area (Å²) in [6, 6.07) is 24.0. The molecule has 0 saturated heterocycles. The maximum absolute atomic E-state index is 12.0. The summed E-state index contributed by atoms with van der Waals surface area (Å²) in [6.07, 6.45) is 4.16. The van der Waals surface area contributed by atoms with Gasteiger partial charge in [-0.05, 0) is 78.9 Å². The third-order valence-electron chi connectivity index (χ3n) is 5.46. The monoisotopic (exact) mass is 445 g/mol. The zero-order chi connectivity index (χ0) is 23.3. The number of nitrogens with one attached hydrogen (secondary N) is 2. The van der Waals surface area contributed by atoms with Crippen LogP contribution in [0.1, 0.15) is 35.6 Å². The van der Waals surface area contributed by atoms with Crippen LogP contribution in [0.3, 0.4) is 0 Å². The molecule has 3 rings (SSSR count). The van der Waals surface area contributed by atoms with Crippen LogP contribution in [0.15, 0.2) is 72.8 Å². The number of para-hydroxylation sites is 1. The van der Waals surface area contributed by atoms with Crippen LogP contribution in [0.25, 0.3) is 0 Å². The number of hydrogen-bond acceptors (Lipinski definition) is 4. The summed E-state index contributed by atoms with van der Waals surface area (Å²) in [5, 5.41) is 6.38. The van der Waals surface area contributed by atoms with E-state index in [1.807, 2.05) is 48.5 Å². The number of nitrogen functional groups attached to an aromatic ring is 1. The minimum atomic E-state index is -0.148. The van der Waals surface area contributed by atoms with E-state index >= 15 is 0 Å². The number of aryl methyl sites for hydroxylation is 1. The van der Waals surface area contributed by atoms with Crippen LogP contribution in [0.5, 0.6) is 0 Å². The zero-order valence-corrected chi connectivity index (χ0v) is 19.5. The van der Waals surface area contributed by atoms with Gasteiger partial charge in [-0.2, -0.15) is 0 Å². The summed E-state index contributed by atoms with van der Waals surface area (Å²) in [6.45, 7) is 4.51. The number of nitrogens with two attached hydrogens (primary N) is 1. The Morgan fingerprint density at radius 2 is 1.64 bits per heavy atom. The molecule has 4 N–H and O–H groups in total. The summed E-state index contributed by atoms with van der Waals surface area (Å²) in [7, 11) is 0. The molecule has 0 aromatic heterocycles. The van der Waals surface area contributed by atoms with Crippen molar-refractivity contribution in [1.29, 1.82) is 0 Å². The summed E-state index contributed by atoms with van der Waals surface area (Å²) >= 11 is 0. The van der Waals surface area contributed by atoms with Gasteiger partial charge in [0.25, 0.3) is 0 Å². The number of amides is 1. The maximum atomic E-state index is 12.0. The van der Waals surface area contributed by atoms with Crippen LogP contribution in [-0.2, 0) is 35.4 Å². The molecule has 0 unspecified atom stereocenters. The highest BCUT2D eigenvalue weighted by Crippen LogP contribution is 2.16. The molecular formula is C28H35N3O2. The molecule has 1 amide bonds. The van der Waals surface area contributed by atoms with Crippen LogP contribution in [0.2, 0.25) is 0 Å². The number of anilines is 2. The van der Waals surface area contributed by atoms with E-state index in [0.717, 1.165) is 55.7 Å². The minimum absolute atomic E-state index is 0.0336. The van der Waals surface area contributed by atoms with E-state index in [1.165, 1.54) is 16.7 Å².